The normalized spacial score (nSPS) is 53.5. The molecule has 0 aromatic rings. The van der Waals surface area contributed by atoms with Gasteiger partial charge in [0.2, 0.25) is 0 Å². The molecule has 2 heterocycles. The lowest BCUT2D eigenvalue weighted by Gasteiger charge is -2.61. The Labute approximate surface area is 165 Å². The van der Waals surface area contributed by atoms with Crippen LogP contribution < -0.4 is 0 Å². The molecule has 0 aromatic heterocycles. The summed E-state index contributed by atoms with van der Waals surface area (Å²) in [6.07, 6.45) is 3.67. The van der Waals surface area contributed by atoms with E-state index in [4.69, 9.17) is 14.2 Å². The summed E-state index contributed by atoms with van der Waals surface area (Å²) in [6.45, 7) is 6.19. The van der Waals surface area contributed by atoms with Crippen molar-refractivity contribution in [2.24, 2.45) is 39.9 Å². The van der Waals surface area contributed by atoms with Crippen LogP contribution in [-0.2, 0) is 23.8 Å². The lowest BCUT2D eigenvalue weighted by molar-refractivity contribution is -0.335. The van der Waals surface area contributed by atoms with Crippen LogP contribution in [-0.4, -0.2) is 43.7 Å². The van der Waals surface area contributed by atoms with E-state index >= 15 is 0 Å². The molecule has 28 heavy (non-hydrogen) atoms. The van der Waals surface area contributed by atoms with Gasteiger partial charge in [-0.1, -0.05) is 12.2 Å². The monoisotopic (exact) mass is 390 g/mol. The highest BCUT2D eigenvalue weighted by Gasteiger charge is 2.82. The maximum atomic E-state index is 13.3. The summed E-state index contributed by atoms with van der Waals surface area (Å²) in [6, 6.07) is 0. The van der Waals surface area contributed by atoms with Crippen LogP contribution in [0.4, 0.5) is 0 Å². The Morgan fingerprint density at radius 1 is 1.21 bits per heavy atom. The molecule has 9 atom stereocenters. The fourth-order valence-electron chi connectivity index (χ4n) is 8.62. The third-order valence-electron chi connectivity index (χ3n) is 9.43. The van der Waals surface area contributed by atoms with E-state index in [9.17, 15) is 14.7 Å². The predicted octanol–water partition coefficient (Wildman–Crippen LogP) is 2.44. The lowest BCUT2D eigenvalue weighted by Crippen LogP contribution is -2.68. The fraction of sp³-hybridized carbons (Fsp3) is 0.818. The fourth-order valence-corrected chi connectivity index (χ4v) is 8.62. The summed E-state index contributed by atoms with van der Waals surface area (Å²) >= 11 is 0. The van der Waals surface area contributed by atoms with E-state index in [1.807, 2.05) is 6.92 Å². The first-order valence-corrected chi connectivity index (χ1v) is 10.4. The number of rotatable bonds is 2. The number of esters is 2. The van der Waals surface area contributed by atoms with E-state index in [1.165, 1.54) is 19.8 Å². The quantitative estimate of drug-likeness (QED) is 0.576. The minimum atomic E-state index is -0.976. The number of hydrogen-bond donors (Lipinski definition) is 1. The molecule has 6 aliphatic rings. The van der Waals surface area contributed by atoms with Gasteiger partial charge in [-0.05, 0) is 62.7 Å². The standard InChI is InChI=1S/C22H30O6/c1-11-9-21-10-12(11)5-6-13(21)22-8-7-14(28-19(22)25)20(2,18(24)27-4)16(22)15(21)17(23)26-3/h12-16,19,25H,1,5-10H2,2-4H3/t12-,13?,14+,15?,16?,19?,20-,21+,22-/m1/s1. The molecule has 6 heteroatoms. The van der Waals surface area contributed by atoms with Crippen LogP contribution in [0.25, 0.3) is 0 Å². The molecule has 0 aromatic carbocycles. The topological polar surface area (TPSA) is 82.1 Å². The molecule has 2 saturated heterocycles. The van der Waals surface area contributed by atoms with Crippen LogP contribution >= 0.6 is 0 Å². The molecule has 154 valence electrons. The van der Waals surface area contributed by atoms with Crippen molar-refractivity contribution in [3.05, 3.63) is 12.2 Å². The molecular weight excluding hydrogens is 360 g/mol. The molecule has 6 fully saturated rings. The summed E-state index contributed by atoms with van der Waals surface area (Å²) < 4.78 is 16.6. The Morgan fingerprint density at radius 3 is 2.61 bits per heavy atom. The third-order valence-corrected chi connectivity index (χ3v) is 9.43. The number of carbonyl (C=O) groups excluding carboxylic acids is 2. The van der Waals surface area contributed by atoms with Gasteiger partial charge < -0.3 is 19.3 Å². The zero-order chi connectivity index (χ0) is 20.1. The van der Waals surface area contributed by atoms with Crippen LogP contribution in [0.1, 0.15) is 45.4 Å². The number of fused-ring (bicyclic) bond motifs is 3. The molecular formula is C22H30O6. The van der Waals surface area contributed by atoms with Gasteiger partial charge in [0.15, 0.2) is 6.29 Å². The molecule has 4 unspecified atom stereocenters. The Balaban J connectivity index is 1.77. The number of aliphatic hydroxyl groups is 1. The number of carbonyl (C=O) groups is 2. The second-order valence-electron chi connectivity index (χ2n) is 9.98. The van der Waals surface area contributed by atoms with Gasteiger partial charge in [-0.15, -0.1) is 0 Å². The van der Waals surface area contributed by atoms with Crippen molar-refractivity contribution in [1.82, 2.24) is 0 Å². The smallest absolute Gasteiger partial charge is 0.314 e. The minimum absolute atomic E-state index is 0.116. The number of ether oxygens (including phenoxy) is 3. The van der Waals surface area contributed by atoms with Crippen LogP contribution in [0.2, 0.25) is 0 Å². The van der Waals surface area contributed by atoms with Crippen molar-refractivity contribution < 1.29 is 28.9 Å². The molecule has 6 nitrogen and oxygen atoms in total. The highest BCUT2D eigenvalue weighted by Crippen LogP contribution is 2.80. The minimum Gasteiger partial charge on any atom is -0.469 e. The number of methoxy groups -OCH3 is 2. The van der Waals surface area contributed by atoms with Crippen molar-refractivity contribution >= 4 is 11.9 Å². The maximum Gasteiger partial charge on any atom is 0.314 e. The SMILES string of the molecule is C=C1C[C@]23C[C@H]1CCC2[C@@]12CC[C@H](OC1O)[C@@](C)(C(=O)OC)C2C3C(=O)OC. The van der Waals surface area contributed by atoms with Crippen molar-refractivity contribution in [3.8, 4) is 0 Å². The second kappa shape index (κ2) is 5.60. The molecule has 0 radical (unpaired) electrons. The number of aliphatic hydroxyl groups excluding tert-OH is 1. The molecule has 1 N–H and O–H groups in total. The van der Waals surface area contributed by atoms with Crippen molar-refractivity contribution in [2.45, 2.75) is 57.8 Å². The van der Waals surface area contributed by atoms with Gasteiger partial charge in [0.05, 0.1) is 31.7 Å². The summed E-state index contributed by atoms with van der Waals surface area (Å²) in [7, 11) is 2.81. The van der Waals surface area contributed by atoms with Crippen LogP contribution in [0.3, 0.4) is 0 Å². The molecule has 4 aliphatic carbocycles. The summed E-state index contributed by atoms with van der Waals surface area (Å²) in [5, 5.41) is 11.2. The molecule has 4 saturated carbocycles. The average molecular weight is 390 g/mol. The summed E-state index contributed by atoms with van der Waals surface area (Å²) in [5.41, 5.74) is -0.699. The van der Waals surface area contributed by atoms with E-state index in [-0.39, 0.29) is 29.2 Å². The molecule has 4 bridgehead atoms. The van der Waals surface area contributed by atoms with E-state index in [0.717, 1.165) is 32.1 Å². The maximum absolute atomic E-state index is 13.3. The van der Waals surface area contributed by atoms with E-state index in [0.29, 0.717) is 12.3 Å². The van der Waals surface area contributed by atoms with E-state index in [2.05, 4.69) is 6.58 Å². The number of allylic oxidation sites excluding steroid dienone is 1. The van der Waals surface area contributed by atoms with Gasteiger partial charge in [-0.2, -0.15) is 0 Å². The molecule has 2 spiro atoms. The van der Waals surface area contributed by atoms with Crippen molar-refractivity contribution in [3.63, 3.8) is 0 Å². The average Bonchev–Trinajstić information content (AvgIpc) is 3.10. The van der Waals surface area contributed by atoms with Gasteiger partial charge in [0.25, 0.3) is 0 Å². The van der Waals surface area contributed by atoms with Gasteiger partial charge in [0.1, 0.15) is 0 Å². The Hall–Kier alpha value is -1.40. The largest absolute Gasteiger partial charge is 0.469 e. The van der Waals surface area contributed by atoms with Crippen LogP contribution in [0.5, 0.6) is 0 Å². The van der Waals surface area contributed by atoms with Crippen LogP contribution in [0, 0.1) is 39.9 Å². The summed E-state index contributed by atoms with van der Waals surface area (Å²) in [5.74, 6) is -0.885. The molecule has 2 aliphatic heterocycles. The van der Waals surface area contributed by atoms with Gasteiger partial charge in [0, 0.05) is 11.3 Å². The van der Waals surface area contributed by atoms with Gasteiger partial charge in [-0.3, -0.25) is 9.59 Å². The molecule has 6 rings (SSSR count). The lowest BCUT2D eigenvalue weighted by atomic mass is 9.49. The van der Waals surface area contributed by atoms with Crippen molar-refractivity contribution in [1.29, 1.82) is 0 Å². The Kier molecular flexibility index (Phi) is 3.72. The second-order valence-corrected chi connectivity index (χ2v) is 9.98. The van der Waals surface area contributed by atoms with Gasteiger partial charge in [-0.25, -0.2) is 0 Å². The first kappa shape index (κ1) is 18.6. The van der Waals surface area contributed by atoms with Crippen molar-refractivity contribution in [2.75, 3.05) is 14.2 Å². The Morgan fingerprint density at radius 2 is 1.96 bits per heavy atom. The third kappa shape index (κ3) is 1.79. The Bertz CT molecular complexity index is 762. The zero-order valence-corrected chi connectivity index (χ0v) is 16.9. The highest BCUT2D eigenvalue weighted by atomic mass is 16.6. The number of hydrogen-bond acceptors (Lipinski definition) is 6. The first-order chi connectivity index (χ1) is 13.3. The molecule has 0 amide bonds. The van der Waals surface area contributed by atoms with E-state index < -0.39 is 29.1 Å². The highest BCUT2D eigenvalue weighted by molar-refractivity contribution is 5.82. The first-order valence-electron chi connectivity index (χ1n) is 10.4. The van der Waals surface area contributed by atoms with Gasteiger partial charge >= 0.3 is 11.9 Å². The van der Waals surface area contributed by atoms with Crippen LogP contribution in [0.15, 0.2) is 12.2 Å². The zero-order valence-electron chi connectivity index (χ0n) is 16.9. The van der Waals surface area contributed by atoms with E-state index in [1.54, 1.807) is 0 Å². The predicted molar refractivity (Wildman–Crippen MR) is 98.7 cm³/mol. The summed E-state index contributed by atoms with van der Waals surface area (Å²) in [4.78, 5) is 26.4.